The topological polar surface area (TPSA) is 66.8 Å². The maximum absolute atomic E-state index is 13.5. The van der Waals surface area contributed by atoms with Crippen LogP contribution in [-0.2, 0) is 4.79 Å². The highest BCUT2D eigenvalue weighted by Gasteiger charge is 2.17. The van der Waals surface area contributed by atoms with E-state index in [2.05, 4.69) is 0 Å². The van der Waals surface area contributed by atoms with Gasteiger partial charge in [0.05, 0.1) is 6.10 Å². The zero-order valence-corrected chi connectivity index (χ0v) is 9.68. The van der Waals surface area contributed by atoms with E-state index in [9.17, 15) is 14.3 Å². The molecule has 94 valence electrons. The largest absolute Gasteiger partial charge is 0.479 e. The van der Waals surface area contributed by atoms with Crippen molar-refractivity contribution in [1.82, 2.24) is 0 Å². The zero-order valence-electron chi connectivity index (χ0n) is 9.68. The predicted octanol–water partition coefficient (Wildman–Crippen LogP) is 2.12. The van der Waals surface area contributed by atoms with Gasteiger partial charge in [-0.25, -0.2) is 9.18 Å². The lowest BCUT2D eigenvalue weighted by atomic mass is 10.1. The number of hydrogen-bond acceptors (Lipinski definition) is 3. The van der Waals surface area contributed by atoms with Crippen molar-refractivity contribution in [3.05, 3.63) is 29.6 Å². The van der Waals surface area contributed by atoms with Crippen molar-refractivity contribution in [3.8, 4) is 5.75 Å². The molecular formula is C12H15FO4. The molecule has 1 aromatic carbocycles. The number of aliphatic carboxylic acids is 1. The van der Waals surface area contributed by atoms with Gasteiger partial charge in [-0.15, -0.1) is 0 Å². The van der Waals surface area contributed by atoms with Crippen LogP contribution >= 0.6 is 0 Å². The summed E-state index contributed by atoms with van der Waals surface area (Å²) in [5.41, 5.74) is 0.153. The number of carboxylic acid groups (broad SMARTS) is 1. The molecule has 0 heterocycles. The van der Waals surface area contributed by atoms with Gasteiger partial charge >= 0.3 is 5.97 Å². The lowest BCUT2D eigenvalue weighted by Crippen LogP contribution is -2.25. The minimum atomic E-state index is -1.09. The van der Waals surface area contributed by atoms with Crippen LogP contribution in [0.25, 0.3) is 0 Å². The van der Waals surface area contributed by atoms with Gasteiger partial charge in [-0.3, -0.25) is 0 Å². The van der Waals surface area contributed by atoms with Crippen molar-refractivity contribution in [2.75, 3.05) is 0 Å². The van der Waals surface area contributed by atoms with Crippen LogP contribution in [0.15, 0.2) is 18.2 Å². The molecule has 0 bridgehead atoms. The number of ether oxygens (including phenoxy) is 1. The summed E-state index contributed by atoms with van der Waals surface area (Å²) < 4.78 is 18.6. The molecule has 0 aliphatic rings. The third-order valence-corrected chi connectivity index (χ3v) is 2.35. The maximum Gasteiger partial charge on any atom is 0.344 e. The van der Waals surface area contributed by atoms with E-state index in [-0.39, 0.29) is 17.7 Å². The Bertz CT molecular complexity index is 403. The second kappa shape index (κ2) is 5.63. The summed E-state index contributed by atoms with van der Waals surface area (Å²) in [6.07, 6.45) is -1.62. The number of hydrogen-bond donors (Lipinski definition) is 2. The molecule has 2 N–H and O–H groups in total. The van der Waals surface area contributed by atoms with Crippen LogP contribution in [0, 0.1) is 5.82 Å². The number of halogens is 1. The molecule has 0 amide bonds. The standard InChI is InChI=1S/C12H15FO4/c1-3-11(12(15)16)17-8-4-5-9(7(2)14)10(13)6-8/h4-7,11,14H,3H2,1-2H3,(H,15,16). The fourth-order valence-electron chi connectivity index (χ4n) is 1.39. The van der Waals surface area contributed by atoms with E-state index >= 15 is 0 Å². The molecule has 5 heteroatoms. The van der Waals surface area contributed by atoms with E-state index in [1.54, 1.807) is 6.92 Å². The van der Waals surface area contributed by atoms with Gasteiger partial charge in [0.25, 0.3) is 0 Å². The second-order valence-corrected chi connectivity index (χ2v) is 3.71. The lowest BCUT2D eigenvalue weighted by molar-refractivity contribution is -0.145. The van der Waals surface area contributed by atoms with Gasteiger partial charge in [-0.05, 0) is 25.5 Å². The van der Waals surface area contributed by atoms with Crippen molar-refractivity contribution >= 4 is 5.97 Å². The first kappa shape index (κ1) is 13.4. The fraction of sp³-hybridized carbons (Fsp3) is 0.417. The third kappa shape index (κ3) is 3.42. The molecule has 17 heavy (non-hydrogen) atoms. The summed E-state index contributed by atoms with van der Waals surface area (Å²) >= 11 is 0. The summed E-state index contributed by atoms with van der Waals surface area (Å²) in [7, 11) is 0. The molecule has 0 fully saturated rings. The molecule has 4 nitrogen and oxygen atoms in total. The highest BCUT2D eigenvalue weighted by atomic mass is 19.1. The van der Waals surface area contributed by atoms with E-state index in [0.29, 0.717) is 0 Å². The molecule has 0 aliphatic heterocycles. The Labute approximate surface area is 98.7 Å². The summed E-state index contributed by atoms with van der Waals surface area (Å²) in [5, 5.41) is 18.0. The first-order valence-corrected chi connectivity index (χ1v) is 5.32. The van der Waals surface area contributed by atoms with E-state index < -0.39 is 24.0 Å². The smallest absolute Gasteiger partial charge is 0.344 e. The quantitative estimate of drug-likeness (QED) is 0.830. The van der Waals surface area contributed by atoms with Gasteiger partial charge in [0, 0.05) is 11.6 Å². The average molecular weight is 242 g/mol. The highest BCUT2D eigenvalue weighted by molar-refractivity contribution is 5.72. The summed E-state index contributed by atoms with van der Waals surface area (Å²) in [4.78, 5) is 10.7. The van der Waals surface area contributed by atoms with Crippen LogP contribution in [0.1, 0.15) is 31.9 Å². The van der Waals surface area contributed by atoms with Crippen LogP contribution in [-0.4, -0.2) is 22.3 Å². The number of carboxylic acids is 1. The first-order valence-electron chi connectivity index (χ1n) is 5.32. The maximum atomic E-state index is 13.5. The van der Waals surface area contributed by atoms with Crippen LogP contribution in [0.4, 0.5) is 4.39 Å². The second-order valence-electron chi connectivity index (χ2n) is 3.71. The number of aliphatic hydroxyl groups excluding tert-OH is 1. The van der Waals surface area contributed by atoms with Gasteiger partial charge in [-0.2, -0.15) is 0 Å². The minimum Gasteiger partial charge on any atom is -0.479 e. The van der Waals surface area contributed by atoms with Crippen molar-refractivity contribution in [2.45, 2.75) is 32.5 Å². The molecule has 0 radical (unpaired) electrons. The number of rotatable bonds is 5. The molecule has 0 saturated carbocycles. The summed E-state index contributed by atoms with van der Waals surface area (Å²) in [5.74, 6) is -1.56. The van der Waals surface area contributed by atoms with Crippen LogP contribution in [0.3, 0.4) is 0 Å². The fourth-order valence-corrected chi connectivity index (χ4v) is 1.39. The van der Waals surface area contributed by atoms with E-state index in [0.717, 1.165) is 6.07 Å². The van der Waals surface area contributed by atoms with Gasteiger partial charge < -0.3 is 14.9 Å². The van der Waals surface area contributed by atoms with Gasteiger partial charge in [0.15, 0.2) is 6.10 Å². The monoisotopic (exact) mass is 242 g/mol. The highest BCUT2D eigenvalue weighted by Crippen LogP contribution is 2.22. The van der Waals surface area contributed by atoms with Crippen LogP contribution in [0.2, 0.25) is 0 Å². The summed E-state index contributed by atoms with van der Waals surface area (Å²) in [6, 6.07) is 3.90. The molecule has 0 aromatic heterocycles. The third-order valence-electron chi connectivity index (χ3n) is 2.35. The van der Waals surface area contributed by atoms with E-state index in [1.807, 2.05) is 0 Å². The molecular weight excluding hydrogens is 227 g/mol. The van der Waals surface area contributed by atoms with Crippen LogP contribution in [0.5, 0.6) is 5.75 Å². The normalized spacial score (nSPS) is 14.1. The van der Waals surface area contributed by atoms with E-state index in [1.165, 1.54) is 19.1 Å². The van der Waals surface area contributed by atoms with Crippen molar-refractivity contribution in [1.29, 1.82) is 0 Å². The predicted molar refractivity (Wildman–Crippen MR) is 59.4 cm³/mol. The Hall–Kier alpha value is -1.62. The number of aliphatic hydroxyl groups is 1. The van der Waals surface area contributed by atoms with Crippen LogP contribution < -0.4 is 4.74 Å². The van der Waals surface area contributed by atoms with Gasteiger partial charge in [0.2, 0.25) is 0 Å². The Morgan fingerprint density at radius 2 is 2.18 bits per heavy atom. The van der Waals surface area contributed by atoms with Crippen molar-refractivity contribution in [3.63, 3.8) is 0 Å². The molecule has 0 aliphatic carbocycles. The van der Waals surface area contributed by atoms with Crippen molar-refractivity contribution in [2.24, 2.45) is 0 Å². The summed E-state index contributed by atoms with van der Waals surface area (Å²) in [6.45, 7) is 3.12. The van der Waals surface area contributed by atoms with E-state index in [4.69, 9.17) is 9.84 Å². The molecule has 1 aromatic rings. The van der Waals surface area contributed by atoms with Gasteiger partial charge in [0.1, 0.15) is 11.6 Å². The first-order chi connectivity index (χ1) is 7.95. The Morgan fingerprint density at radius 1 is 1.53 bits per heavy atom. The number of carbonyl (C=O) groups is 1. The van der Waals surface area contributed by atoms with Crippen molar-refractivity contribution < 1.29 is 24.1 Å². The molecule has 2 unspecified atom stereocenters. The lowest BCUT2D eigenvalue weighted by Gasteiger charge is -2.14. The number of benzene rings is 1. The van der Waals surface area contributed by atoms with Gasteiger partial charge in [-0.1, -0.05) is 6.92 Å². The Kier molecular flexibility index (Phi) is 4.45. The minimum absolute atomic E-state index is 0.140. The molecule has 0 saturated heterocycles. The average Bonchev–Trinajstić information content (AvgIpc) is 2.24. The zero-order chi connectivity index (χ0) is 13.0. The molecule has 1 rings (SSSR count). The Balaban J connectivity index is 2.87. The molecule has 0 spiro atoms. The SMILES string of the molecule is CCC(Oc1ccc(C(C)O)c(F)c1)C(=O)O. The molecule has 2 atom stereocenters. The Morgan fingerprint density at radius 3 is 2.59 bits per heavy atom.